The first-order valence-corrected chi connectivity index (χ1v) is 11.2. The standard InChI is InChI=1S/C25H29N5O3/c1-33-22-10-5-8-20(16-22)23(29-12-2-3-13-29)17-27-24(31)28-21-9-4-7-19(15-21)18-30-14-6-11-26-25(30)32/h4-11,14-16,23H,2-3,12-13,17-18H2,1H3,(H2,27,28,31)/t23-/m0/s1. The zero-order valence-corrected chi connectivity index (χ0v) is 18.7. The van der Waals surface area contributed by atoms with Crippen LogP contribution in [0, 0.1) is 0 Å². The predicted molar refractivity (Wildman–Crippen MR) is 128 cm³/mol. The van der Waals surface area contributed by atoms with Gasteiger partial charge >= 0.3 is 11.7 Å². The second-order valence-corrected chi connectivity index (χ2v) is 8.10. The van der Waals surface area contributed by atoms with E-state index in [1.165, 1.54) is 23.6 Å². The highest BCUT2D eigenvalue weighted by Crippen LogP contribution is 2.27. The molecule has 1 aliphatic heterocycles. The molecule has 2 aromatic carbocycles. The lowest BCUT2D eigenvalue weighted by Crippen LogP contribution is -2.38. The molecular formula is C25H29N5O3. The highest BCUT2D eigenvalue weighted by Gasteiger charge is 2.24. The smallest absolute Gasteiger partial charge is 0.347 e. The molecule has 1 aliphatic rings. The van der Waals surface area contributed by atoms with Crippen molar-refractivity contribution in [1.29, 1.82) is 0 Å². The van der Waals surface area contributed by atoms with Gasteiger partial charge in [0.25, 0.3) is 0 Å². The molecule has 8 heteroatoms. The summed E-state index contributed by atoms with van der Waals surface area (Å²) in [5, 5.41) is 5.93. The summed E-state index contributed by atoms with van der Waals surface area (Å²) in [6.07, 6.45) is 5.50. The molecule has 0 unspecified atom stereocenters. The van der Waals surface area contributed by atoms with Gasteiger partial charge in [-0.05, 0) is 67.4 Å². The topological polar surface area (TPSA) is 88.5 Å². The van der Waals surface area contributed by atoms with E-state index in [1.54, 1.807) is 19.4 Å². The first-order valence-electron chi connectivity index (χ1n) is 11.2. The van der Waals surface area contributed by atoms with Gasteiger partial charge in [-0.25, -0.2) is 14.6 Å². The number of hydrogen-bond acceptors (Lipinski definition) is 5. The second kappa shape index (κ2) is 10.8. The molecule has 0 spiro atoms. The van der Waals surface area contributed by atoms with Crippen molar-refractivity contribution in [2.24, 2.45) is 0 Å². The molecule has 0 aliphatic carbocycles. The zero-order chi connectivity index (χ0) is 23.0. The number of amides is 2. The van der Waals surface area contributed by atoms with Crippen LogP contribution in [0.5, 0.6) is 5.75 Å². The van der Waals surface area contributed by atoms with Gasteiger partial charge in [0.1, 0.15) is 5.75 Å². The molecule has 8 nitrogen and oxygen atoms in total. The van der Waals surface area contributed by atoms with Crippen molar-refractivity contribution in [2.45, 2.75) is 25.4 Å². The maximum atomic E-state index is 12.7. The van der Waals surface area contributed by atoms with Crippen molar-refractivity contribution in [3.63, 3.8) is 0 Å². The van der Waals surface area contributed by atoms with E-state index in [2.05, 4.69) is 26.6 Å². The number of rotatable bonds is 8. The number of carbonyl (C=O) groups excluding carboxylic acids is 1. The molecule has 1 saturated heterocycles. The minimum Gasteiger partial charge on any atom is -0.497 e. The average Bonchev–Trinajstić information content (AvgIpc) is 3.36. The number of anilines is 1. The van der Waals surface area contributed by atoms with Crippen molar-refractivity contribution in [3.05, 3.63) is 88.6 Å². The quantitative estimate of drug-likeness (QED) is 0.553. The summed E-state index contributed by atoms with van der Waals surface area (Å²) < 4.78 is 6.91. The van der Waals surface area contributed by atoms with Crippen molar-refractivity contribution < 1.29 is 9.53 Å². The first kappa shape index (κ1) is 22.5. The van der Waals surface area contributed by atoms with Crippen molar-refractivity contribution >= 4 is 11.7 Å². The van der Waals surface area contributed by atoms with Gasteiger partial charge in [-0.3, -0.25) is 9.47 Å². The molecule has 0 saturated carbocycles. The van der Waals surface area contributed by atoms with Crippen LogP contribution in [0.3, 0.4) is 0 Å². The molecule has 4 rings (SSSR count). The Morgan fingerprint density at radius 3 is 2.73 bits per heavy atom. The van der Waals surface area contributed by atoms with Gasteiger partial charge in [0.05, 0.1) is 19.7 Å². The van der Waals surface area contributed by atoms with Crippen LogP contribution in [0.15, 0.2) is 71.8 Å². The highest BCUT2D eigenvalue weighted by molar-refractivity contribution is 5.89. The van der Waals surface area contributed by atoms with Crippen LogP contribution in [0.2, 0.25) is 0 Å². The van der Waals surface area contributed by atoms with Crippen molar-refractivity contribution in [3.8, 4) is 5.75 Å². The molecule has 2 amide bonds. The maximum Gasteiger partial charge on any atom is 0.347 e. The van der Waals surface area contributed by atoms with Crippen LogP contribution in [-0.4, -0.2) is 47.2 Å². The fourth-order valence-corrected chi connectivity index (χ4v) is 4.18. The fraction of sp³-hybridized carbons (Fsp3) is 0.320. The Labute approximate surface area is 193 Å². The summed E-state index contributed by atoms with van der Waals surface area (Å²) >= 11 is 0. The number of nitrogens with zero attached hydrogens (tertiary/aromatic N) is 3. The van der Waals surface area contributed by atoms with E-state index >= 15 is 0 Å². The zero-order valence-electron chi connectivity index (χ0n) is 18.7. The third kappa shape index (κ3) is 5.98. The van der Waals surface area contributed by atoms with Gasteiger partial charge < -0.3 is 15.4 Å². The summed E-state index contributed by atoms with van der Waals surface area (Å²) in [5.41, 5.74) is 2.38. The van der Waals surface area contributed by atoms with Gasteiger partial charge in [-0.1, -0.05) is 24.3 Å². The maximum absolute atomic E-state index is 12.7. The molecule has 1 aromatic heterocycles. The van der Waals surface area contributed by atoms with Crippen LogP contribution < -0.4 is 21.1 Å². The molecule has 3 aromatic rings. The third-order valence-corrected chi connectivity index (χ3v) is 5.84. The normalized spacial score (nSPS) is 14.6. The molecule has 2 N–H and O–H groups in total. The van der Waals surface area contributed by atoms with E-state index in [0.717, 1.165) is 30.0 Å². The molecule has 1 fully saturated rings. The number of benzene rings is 2. The number of methoxy groups -OCH3 is 1. The lowest BCUT2D eigenvalue weighted by molar-refractivity contribution is 0.227. The highest BCUT2D eigenvalue weighted by atomic mass is 16.5. The number of hydrogen-bond donors (Lipinski definition) is 2. The minimum absolute atomic E-state index is 0.0807. The molecule has 2 heterocycles. The Morgan fingerprint density at radius 1 is 1.12 bits per heavy atom. The van der Waals surface area contributed by atoms with E-state index < -0.39 is 0 Å². The summed E-state index contributed by atoms with van der Waals surface area (Å²) in [6, 6.07) is 17.0. The van der Waals surface area contributed by atoms with Gasteiger partial charge in [0, 0.05) is 24.6 Å². The Hall–Kier alpha value is -3.65. The van der Waals surface area contributed by atoms with Crippen LogP contribution in [0.1, 0.15) is 30.0 Å². The van der Waals surface area contributed by atoms with Crippen molar-refractivity contribution in [2.75, 3.05) is 32.1 Å². The second-order valence-electron chi connectivity index (χ2n) is 8.10. The molecule has 0 bridgehead atoms. The molecule has 172 valence electrons. The summed E-state index contributed by atoms with van der Waals surface area (Å²) in [7, 11) is 1.66. The van der Waals surface area contributed by atoms with Gasteiger partial charge in [-0.2, -0.15) is 0 Å². The van der Waals surface area contributed by atoms with Crippen LogP contribution in [0.25, 0.3) is 0 Å². The Balaban J connectivity index is 1.40. The summed E-state index contributed by atoms with van der Waals surface area (Å²) in [5.74, 6) is 0.811. The van der Waals surface area contributed by atoms with E-state index in [-0.39, 0.29) is 17.8 Å². The van der Waals surface area contributed by atoms with Gasteiger partial charge in [0.2, 0.25) is 0 Å². The van der Waals surface area contributed by atoms with Crippen LogP contribution >= 0.6 is 0 Å². The van der Waals surface area contributed by atoms with Crippen LogP contribution in [0.4, 0.5) is 10.5 Å². The first-order chi connectivity index (χ1) is 16.1. The monoisotopic (exact) mass is 447 g/mol. The number of likely N-dealkylation sites (tertiary alicyclic amines) is 1. The number of aromatic nitrogens is 2. The SMILES string of the molecule is COc1cccc([C@H](CNC(=O)Nc2cccc(Cn3cccnc3=O)c2)N2CCCC2)c1. The fourth-order valence-electron chi connectivity index (χ4n) is 4.18. The number of carbonyl (C=O) groups is 1. The Bertz CT molecular complexity index is 1140. The molecular weight excluding hydrogens is 418 g/mol. The Morgan fingerprint density at radius 2 is 1.94 bits per heavy atom. The average molecular weight is 448 g/mol. The third-order valence-electron chi connectivity index (χ3n) is 5.84. The summed E-state index contributed by atoms with van der Waals surface area (Å²) in [6.45, 7) is 2.91. The number of nitrogens with one attached hydrogen (secondary N) is 2. The van der Waals surface area contributed by atoms with Crippen LogP contribution in [-0.2, 0) is 6.54 Å². The lowest BCUT2D eigenvalue weighted by Gasteiger charge is -2.28. The van der Waals surface area contributed by atoms with Gasteiger partial charge in [-0.15, -0.1) is 0 Å². The van der Waals surface area contributed by atoms with Gasteiger partial charge in [0.15, 0.2) is 0 Å². The predicted octanol–water partition coefficient (Wildman–Crippen LogP) is 3.26. The van der Waals surface area contributed by atoms with E-state index in [1.807, 2.05) is 42.5 Å². The number of ether oxygens (including phenoxy) is 1. The Kier molecular flexibility index (Phi) is 7.36. The van der Waals surface area contributed by atoms with E-state index in [0.29, 0.717) is 18.8 Å². The number of urea groups is 1. The van der Waals surface area contributed by atoms with E-state index in [9.17, 15) is 9.59 Å². The largest absolute Gasteiger partial charge is 0.497 e. The minimum atomic E-state index is -0.306. The molecule has 0 radical (unpaired) electrons. The van der Waals surface area contributed by atoms with E-state index in [4.69, 9.17) is 4.74 Å². The van der Waals surface area contributed by atoms with Crippen molar-refractivity contribution in [1.82, 2.24) is 19.8 Å². The molecule has 33 heavy (non-hydrogen) atoms. The summed E-state index contributed by atoms with van der Waals surface area (Å²) in [4.78, 5) is 30.7. The lowest BCUT2D eigenvalue weighted by atomic mass is 10.1. The molecule has 1 atom stereocenters.